The number of fused-ring (bicyclic) bond motifs is 1. The molecule has 0 bridgehead atoms. The van der Waals surface area contributed by atoms with Gasteiger partial charge in [-0.1, -0.05) is 19.1 Å². The molecule has 0 aromatic heterocycles. The zero-order valence-corrected chi connectivity index (χ0v) is 17.6. The first kappa shape index (κ1) is 21.4. The van der Waals surface area contributed by atoms with Gasteiger partial charge in [0, 0.05) is 13.1 Å². The van der Waals surface area contributed by atoms with E-state index in [0.717, 1.165) is 17.7 Å². The van der Waals surface area contributed by atoms with Gasteiger partial charge in [-0.2, -0.15) is 11.8 Å². The number of imide groups is 1. The van der Waals surface area contributed by atoms with Crippen LogP contribution in [0, 0.1) is 5.92 Å². The molecule has 156 valence electrons. The molecule has 1 atom stereocenters. The first-order valence-corrected chi connectivity index (χ1v) is 11.2. The molecular weight excluding hydrogens is 392 g/mol. The van der Waals surface area contributed by atoms with Crippen molar-refractivity contribution in [3.05, 3.63) is 35.4 Å². The second-order valence-corrected chi connectivity index (χ2v) is 8.48. The van der Waals surface area contributed by atoms with E-state index in [4.69, 9.17) is 4.74 Å². The molecule has 0 saturated carbocycles. The maximum absolute atomic E-state index is 12.8. The standard InChI is InChI=1S/C21H26N2O5S/c1-14-7-10-22(11-8-14)18(24)13-28-21(27)17(9-12-29-2)23-19(25)15-5-3-4-6-16(15)20(23)26/h3-6,14,17H,7-13H2,1-2H3/t17-/m0/s1. The van der Waals surface area contributed by atoms with Crippen molar-refractivity contribution in [1.82, 2.24) is 9.80 Å². The van der Waals surface area contributed by atoms with Gasteiger partial charge in [0.15, 0.2) is 6.61 Å². The zero-order chi connectivity index (χ0) is 21.0. The number of benzene rings is 1. The largest absolute Gasteiger partial charge is 0.454 e. The Hall–Kier alpha value is -2.35. The van der Waals surface area contributed by atoms with Gasteiger partial charge in [-0.15, -0.1) is 0 Å². The van der Waals surface area contributed by atoms with E-state index in [9.17, 15) is 19.2 Å². The monoisotopic (exact) mass is 418 g/mol. The molecule has 1 saturated heterocycles. The minimum atomic E-state index is -1.04. The quantitative estimate of drug-likeness (QED) is 0.499. The third-order valence-electron chi connectivity index (χ3n) is 5.48. The summed E-state index contributed by atoms with van der Waals surface area (Å²) in [5.41, 5.74) is 0.580. The number of carbonyl (C=O) groups is 4. The predicted octanol–water partition coefficient (Wildman–Crippen LogP) is 2.21. The number of nitrogens with zero attached hydrogens (tertiary/aromatic N) is 2. The Bertz CT molecular complexity index is 769. The van der Waals surface area contributed by atoms with E-state index >= 15 is 0 Å². The summed E-state index contributed by atoms with van der Waals surface area (Å²) < 4.78 is 5.27. The van der Waals surface area contributed by atoms with Gasteiger partial charge in [0.25, 0.3) is 17.7 Å². The molecular formula is C21H26N2O5S. The third kappa shape index (κ3) is 4.63. The Morgan fingerprint density at radius 3 is 2.28 bits per heavy atom. The Morgan fingerprint density at radius 2 is 1.72 bits per heavy atom. The minimum Gasteiger partial charge on any atom is -0.454 e. The van der Waals surface area contributed by atoms with Crippen molar-refractivity contribution >= 4 is 35.5 Å². The summed E-state index contributed by atoms with van der Waals surface area (Å²) in [5, 5.41) is 0. The van der Waals surface area contributed by atoms with Gasteiger partial charge >= 0.3 is 5.97 Å². The van der Waals surface area contributed by atoms with Gasteiger partial charge in [0.2, 0.25) is 0 Å². The lowest BCUT2D eigenvalue weighted by molar-refractivity contribution is -0.155. The van der Waals surface area contributed by atoms with Crippen LogP contribution in [0.15, 0.2) is 24.3 Å². The van der Waals surface area contributed by atoms with E-state index < -0.39 is 23.8 Å². The summed E-state index contributed by atoms with van der Waals surface area (Å²) in [6.07, 6.45) is 4.03. The first-order chi connectivity index (χ1) is 13.9. The number of esters is 1. The second-order valence-electron chi connectivity index (χ2n) is 7.49. The minimum absolute atomic E-state index is 0.240. The van der Waals surface area contributed by atoms with Crippen LogP contribution in [-0.4, -0.2) is 71.2 Å². The van der Waals surface area contributed by atoms with Crippen LogP contribution in [0.3, 0.4) is 0 Å². The molecule has 7 nitrogen and oxygen atoms in total. The Balaban J connectivity index is 1.67. The number of carbonyl (C=O) groups excluding carboxylic acids is 4. The van der Waals surface area contributed by atoms with Gasteiger partial charge in [-0.25, -0.2) is 4.79 Å². The molecule has 0 aliphatic carbocycles. The van der Waals surface area contributed by atoms with E-state index in [1.807, 2.05) is 6.26 Å². The lowest BCUT2D eigenvalue weighted by Gasteiger charge is -2.30. The lowest BCUT2D eigenvalue weighted by atomic mass is 9.99. The molecule has 1 aromatic rings. The molecule has 1 fully saturated rings. The van der Waals surface area contributed by atoms with Crippen molar-refractivity contribution in [3.8, 4) is 0 Å². The molecule has 2 aliphatic heterocycles. The van der Waals surface area contributed by atoms with Crippen molar-refractivity contribution in [2.45, 2.75) is 32.2 Å². The van der Waals surface area contributed by atoms with Crippen LogP contribution in [0.25, 0.3) is 0 Å². The number of amides is 3. The van der Waals surface area contributed by atoms with Crippen molar-refractivity contribution < 1.29 is 23.9 Å². The Morgan fingerprint density at radius 1 is 1.14 bits per heavy atom. The fourth-order valence-corrected chi connectivity index (χ4v) is 4.11. The van der Waals surface area contributed by atoms with Crippen LogP contribution in [0.5, 0.6) is 0 Å². The highest BCUT2D eigenvalue weighted by atomic mass is 32.2. The number of piperidine rings is 1. The summed E-state index contributed by atoms with van der Waals surface area (Å²) in [4.78, 5) is 53.3. The average Bonchev–Trinajstić information content (AvgIpc) is 2.98. The summed E-state index contributed by atoms with van der Waals surface area (Å²) in [6, 6.07) is 5.48. The Kier molecular flexibility index (Phi) is 6.95. The fraction of sp³-hybridized carbons (Fsp3) is 0.524. The number of likely N-dealkylation sites (tertiary alicyclic amines) is 1. The highest BCUT2D eigenvalue weighted by molar-refractivity contribution is 7.98. The number of ether oxygens (including phenoxy) is 1. The van der Waals surface area contributed by atoms with Crippen LogP contribution in [0.2, 0.25) is 0 Å². The van der Waals surface area contributed by atoms with Crippen molar-refractivity contribution in [2.75, 3.05) is 31.7 Å². The van der Waals surface area contributed by atoms with Crippen LogP contribution < -0.4 is 0 Å². The zero-order valence-electron chi connectivity index (χ0n) is 16.8. The Labute approximate surface area is 174 Å². The average molecular weight is 419 g/mol. The molecule has 2 heterocycles. The fourth-order valence-electron chi connectivity index (χ4n) is 3.65. The van der Waals surface area contributed by atoms with E-state index in [-0.39, 0.29) is 30.1 Å². The van der Waals surface area contributed by atoms with Gasteiger partial charge in [-0.05, 0) is 49.3 Å². The summed E-state index contributed by atoms with van der Waals surface area (Å²) in [7, 11) is 0. The number of rotatable bonds is 7. The maximum atomic E-state index is 12.8. The number of hydrogen-bond acceptors (Lipinski definition) is 6. The first-order valence-electron chi connectivity index (χ1n) is 9.84. The van der Waals surface area contributed by atoms with Gasteiger partial charge in [0.05, 0.1) is 11.1 Å². The third-order valence-corrected chi connectivity index (χ3v) is 6.12. The predicted molar refractivity (Wildman–Crippen MR) is 110 cm³/mol. The van der Waals surface area contributed by atoms with Crippen LogP contribution in [-0.2, 0) is 14.3 Å². The molecule has 8 heteroatoms. The normalized spacial score (nSPS) is 18.0. The molecule has 1 aromatic carbocycles. The molecule has 0 radical (unpaired) electrons. The lowest BCUT2D eigenvalue weighted by Crippen LogP contribution is -2.47. The molecule has 0 spiro atoms. The topological polar surface area (TPSA) is 84.0 Å². The molecule has 3 amide bonds. The maximum Gasteiger partial charge on any atom is 0.329 e. The van der Waals surface area contributed by atoms with Gasteiger partial charge in [-0.3, -0.25) is 19.3 Å². The van der Waals surface area contributed by atoms with Crippen LogP contribution in [0.4, 0.5) is 0 Å². The summed E-state index contributed by atoms with van der Waals surface area (Å²) in [5.74, 6) is -0.782. The molecule has 0 N–H and O–H groups in total. The summed E-state index contributed by atoms with van der Waals surface area (Å²) in [6.45, 7) is 3.10. The number of hydrogen-bond donors (Lipinski definition) is 0. The second kappa shape index (κ2) is 9.43. The van der Waals surface area contributed by atoms with Crippen LogP contribution >= 0.6 is 11.8 Å². The smallest absolute Gasteiger partial charge is 0.329 e. The SMILES string of the molecule is CSCC[C@@H](C(=O)OCC(=O)N1CCC(C)CC1)N1C(=O)c2ccccc2C1=O. The van der Waals surface area contributed by atoms with Crippen LogP contribution in [0.1, 0.15) is 46.9 Å². The van der Waals surface area contributed by atoms with Crippen molar-refractivity contribution in [2.24, 2.45) is 5.92 Å². The molecule has 0 unspecified atom stereocenters. The van der Waals surface area contributed by atoms with Crippen molar-refractivity contribution in [3.63, 3.8) is 0 Å². The molecule has 2 aliphatic rings. The highest BCUT2D eigenvalue weighted by Crippen LogP contribution is 2.26. The number of thioether (sulfide) groups is 1. The van der Waals surface area contributed by atoms with E-state index in [2.05, 4.69) is 6.92 Å². The van der Waals surface area contributed by atoms with Gasteiger partial charge < -0.3 is 9.64 Å². The van der Waals surface area contributed by atoms with Crippen molar-refractivity contribution in [1.29, 1.82) is 0 Å². The van der Waals surface area contributed by atoms with E-state index in [1.54, 1.807) is 29.2 Å². The highest BCUT2D eigenvalue weighted by Gasteiger charge is 2.43. The molecule has 29 heavy (non-hydrogen) atoms. The van der Waals surface area contributed by atoms with E-state index in [0.29, 0.717) is 24.8 Å². The van der Waals surface area contributed by atoms with E-state index in [1.165, 1.54) is 11.8 Å². The van der Waals surface area contributed by atoms with Gasteiger partial charge in [0.1, 0.15) is 6.04 Å². The summed E-state index contributed by atoms with van der Waals surface area (Å²) >= 11 is 1.51. The molecule has 3 rings (SSSR count).